The number of nitrogens with one attached hydrogen (secondary N) is 1. The molecule has 1 aliphatic rings. The fourth-order valence-electron chi connectivity index (χ4n) is 2.39. The van der Waals surface area contributed by atoms with E-state index in [1.165, 1.54) is 0 Å². The highest BCUT2D eigenvalue weighted by Gasteiger charge is 2.41. The minimum Gasteiger partial charge on any atom is -0.332 e. The van der Waals surface area contributed by atoms with Crippen LogP contribution < -0.4 is 5.32 Å². The summed E-state index contributed by atoms with van der Waals surface area (Å²) < 4.78 is 53.9. The number of likely N-dealkylation sites (tertiary alicyclic amines) is 1. The molecule has 1 N–H and O–H groups in total. The van der Waals surface area contributed by atoms with Crippen molar-refractivity contribution in [3.05, 3.63) is 34.9 Å². The normalized spacial score (nSPS) is 17.3. The van der Waals surface area contributed by atoms with E-state index in [2.05, 4.69) is 5.32 Å². The predicted octanol–water partition coefficient (Wildman–Crippen LogP) is 2.94. The molecule has 1 amide bonds. The number of rotatable bonds is 4. The molecule has 1 heterocycles. The van der Waals surface area contributed by atoms with Gasteiger partial charge in [-0.1, -0.05) is 13.8 Å². The monoisotopic (exact) mass is 318 g/mol. The molecule has 22 heavy (non-hydrogen) atoms. The van der Waals surface area contributed by atoms with Crippen molar-refractivity contribution in [3.8, 4) is 0 Å². The van der Waals surface area contributed by atoms with E-state index in [4.69, 9.17) is 0 Å². The molecule has 0 atom stereocenters. The number of carbonyl (C=O) groups excluding carboxylic acids is 1. The molecule has 1 aromatic rings. The second-order valence-electron chi connectivity index (χ2n) is 5.79. The minimum absolute atomic E-state index is 0.0467. The van der Waals surface area contributed by atoms with Gasteiger partial charge in [-0.25, -0.2) is 17.6 Å². The van der Waals surface area contributed by atoms with Crippen molar-refractivity contribution < 1.29 is 22.4 Å². The summed E-state index contributed by atoms with van der Waals surface area (Å²) >= 11 is 0. The van der Waals surface area contributed by atoms with Crippen LogP contribution in [0.15, 0.2) is 12.1 Å². The first kappa shape index (κ1) is 16.7. The van der Waals surface area contributed by atoms with Crippen LogP contribution in [0.4, 0.5) is 17.6 Å². The lowest BCUT2D eigenvalue weighted by Gasteiger charge is -2.19. The molecule has 0 radical (unpaired) electrons. The number of nitrogens with zero attached hydrogens (tertiary/aromatic N) is 1. The third-order valence-electron chi connectivity index (χ3n) is 3.51. The highest BCUT2D eigenvalue weighted by Crippen LogP contribution is 2.29. The molecule has 1 aromatic carbocycles. The summed E-state index contributed by atoms with van der Waals surface area (Å²) in [6.07, 6.45) is -0.443. The first-order valence-electron chi connectivity index (χ1n) is 7.08. The Morgan fingerprint density at radius 2 is 2.05 bits per heavy atom. The van der Waals surface area contributed by atoms with Crippen molar-refractivity contribution in [1.29, 1.82) is 0 Å². The van der Waals surface area contributed by atoms with Crippen LogP contribution in [0.3, 0.4) is 0 Å². The maximum absolute atomic E-state index is 14.0. The number of alkyl halides is 2. The van der Waals surface area contributed by atoms with E-state index in [0.717, 1.165) is 11.0 Å². The van der Waals surface area contributed by atoms with Crippen LogP contribution in [0.2, 0.25) is 0 Å². The fraction of sp³-hybridized carbons (Fsp3) is 0.533. The Morgan fingerprint density at radius 1 is 1.36 bits per heavy atom. The first-order valence-corrected chi connectivity index (χ1v) is 7.08. The smallest absolute Gasteiger partial charge is 0.267 e. The van der Waals surface area contributed by atoms with Crippen molar-refractivity contribution in [1.82, 2.24) is 10.2 Å². The van der Waals surface area contributed by atoms with Gasteiger partial charge in [-0.05, 0) is 11.6 Å². The molecule has 1 aliphatic heterocycles. The maximum Gasteiger partial charge on any atom is 0.267 e. The summed E-state index contributed by atoms with van der Waals surface area (Å²) in [6.45, 7) is 2.90. The van der Waals surface area contributed by atoms with Gasteiger partial charge < -0.3 is 10.2 Å². The lowest BCUT2D eigenvalue weighted by Crippen LogP contribution is -2.33. The van der Waals surface area contributed by atoms with E-state index < -0.39 is 36.4 Å². The second-order valence-corrected chi connectivity index (χ2v) is 5.79. The average Bonchev–Trinajstić information content (AvgIpc) is 2.75. The SMILES string of the molecule is CC(C)NCc1cc(F)cc(F)c1C(=O)N1CCC(F)(F)C1. The molecular formula is C15H18F4N2O. The largest absolute Gasteiger partial charge is 0.332 e. The van der Waals surface area contributed by atoms with Gasteiger partial charge in [0, 0.05) is 31.6 Å². The number of benzene rings is 1. The zero-order valence-corrected chi connectivity index (χ0v) is 12.4. The van der Waals surface area contributed by atoms with Crippen molar-refractivity contribution in [2.45, 2.75) is 38.8 Å². The van der Waals surface area contributed by atoms with Crippen LogP contribution in [-0.2, 0) is 6.54 Å². The van der Waals surface area contributed by atoms with Gasteiger partial charge in [0.15, 0.2) is 0 Å². The number of carbonyl (C=O) groups is 1. The Labute approximate surface area is 126 Å². The van der Waals surface area contributed by atoms with Crippen LogP contribution in [-0.4, -0.2) is 35.9 Å². The molecule has 0 saturated carbocycles. The molecule has 1 saturated heterocycles. The zero-order valence-electron chi connectivity index (χ0n) is 12.4. The number of hydrogen-bond donors (Lipinski definition) is 1. The maximum atomic E-state index is 14.0. The molecule has 7 heteroatoms. The highest BCUT2D eigenvalue weighted by atomic mass is 19.3. The molecule has 0 aliphatic carbocycles. The number of hydrogen-bond acceptors (Lipinski definition) is 2. The summed E-state index contributed by atoms with van der Waals surface area (Å²) in [6, 6.07) is 1.70. The van der Waals surface area contributed by atoms with E-state index in [-0.39, 0.29) is 30.3 Å². The molecule has 3 nitrogen and oxygen atoms in total. The Hall–Kier alpha value is -1.63. The van der Waals surface area contributed by atoms with Crippen molar-refractivity contribution in [3.63, 3.8) is 0 Å². The van der Waals surface area contributed by atoms with E-state index in [9.17, 15) is 22.4 Å². The van der Waals surface area contributed by atoms with Crippen molar-refractivity contribution in [2.75, 3.05) is 13.1 Å². The quantitative estimate of drug-likeness (QED) is 0.866. The average molecular weight is 318 g/mol. The summed E-state index contributed by atoms with van der Waals surface area (Å²) in [5.41, 5.74) is -0.210. The van der Waals surface area contributed by atoms with Gasteiger partial charge in [-0.2, -0.15) is 0 Å². The molecule has 122 valence electrons. The van der Waals surface area contributed by atoms with Crippen LogP contribution in [0.25, 0.3) is 0 Å². The molecule has 0 bridgehead atoms. The number of amides is 1. The van der Waals surface area contributed by atoms with Gasteiger partial charge in [0.1, 0.15) is 11.6 Å². The van der Waals surface area contributed by atoms with E-state index >= 15 is 0 Å². The third kappa shape index (κ3) is 3.76. The Balaban J connectivity index is 2.30. The zero-order chi connectivity index (χ0) is 16.5. The van der Waals surface area contributed by atoms with Crippen molar-refractivity contribution in [2.24, 2.45) is 0 Å². The third-order valence-corrected chi connectivity index (χ3v) is 3.51. The summed E-state index contributed by atoms with van der Waals surface area (Å²) in [4.78, 5) is 13.2. The van der Waals surface area contributed by atoms with Gasteiger partial charge in [0.2, 0.25) is 0 Å². The highest BCUT2D eigenvalue weighted by molar-refractivity contribution is 5.96. The Morgan fingerprint density at radius 3 is 2.59 bits per heavy atom. The second kappa shape index (κ2) is 6.24. The van der Waals surface area contributed by atoms with Crippen LogP contribution >= 0.6 is 0 Å². The van der Waals surface area contributed by atoms with Gasteiger partial charge in [0.05, 0.1) is 12.1 Å². The van der Waals surface area contributed by atoms with Crippen LogP contribution in [0.5, 0.6) is 0 Å². The van der Waals surface area contributed by atoms with Gasteiger partial charge >= 0.3 is 0 Å². The van der Waals surface area contributed by atoms with E-state index in [1.54, 1.807) is 0 Å². The molecule has 0 unspecified atom stereocenters. The number of halogens is 4. The Bertz CT molecular complexity index is 575. The summed E-state index contributed by atoms with van der Waals surface area (Å²) in [5.74, 6) is -5.61. The first-order chi connectivity index (χ1) is 10.2. The van der Waals surface area contributed by atoms with E-state index in [0.29, 0.717) is 6.07 Å². The van der Waals surface area contributed by atoms with Crippen molar-refractivity contribution >= 4 is 5.91 Å². The van der Waals surface area contributed by atoms with Gasteiger partial charge in [-0.3, -0.25) is 4.79 Å². The topological polar surface area (TPSA) is 32.3 Å². The van der Waals surface area contributed by atoms with E-state index in [1.807, 2.05) is 13.8 Å². The molecule has 0 aromatic heterocycles. The van der Waals surface area contributed by atoms with Gasteiger partial charge in [0.25, 0.3) is 11.8 Å². The molecule has 2 rings (SSSR count). The fourth-order valence-corrected chi connectivity index (χ4v) is 2.39. The summed E-state index contributed by atoms with van der Waals surface area (Å²) in [5, 5.41) is 2.97. The lowest BCUT2D eigenvalue weighted by atomic mass is 10.0. The lowest BCUT2D eigenvalue weighted by molar-refractivity contribution is 0.0119. The Kier molecular flexibility index (Phi) is 4.75. The standard InChI is InChI=1S/C15H18F4N2O/c1-9(2)20-7-10-5-11(16)6-12(17)13(10)14(22)21-4-3-15(18,19)8-21/h5-6,9,20H,3-4,7-8H2,1-2H3. The molecular weight excluding hydrogens is 300 g/mol. The molecule has 1 fully saturated rings. The van der Waals surface area contributed by atoms with Crippen LogP contribution in [0, 0.1) is 11.6 Å². The minimum atomic E-state index is -2.96. The predicted molar refractivity (Wildman–Crippen MR) is 73.8 cm³/mol. The molecule has 0 spiro atoms. The summed E-state index contributed by atoms with van der Waals surface area (Å²) in [7, 11) is 0. The van der Waals surface area contributed by atoms with Gasteiger partial charge in [-0.15, -0.1) is 0 Å². The van der Waals surface area contributed by atoms with Crippen LogP contribution in [0.1, 0.15) is 36.2 Å².